The summed E-state index contributed by atoms with van der Waals surface area (Å²) in [7, 11) is 1.65. The Morgan fingerprint density at radius 2 is 0.667 bits per heavy atom. The van der Waals surface area contributed by atoms with E-state index in [2.05, 4.69) is 20.8 Å². The second-order valence-corrected chi connectivity index (χ2v) is 22.3. The van der Waals surface area contributed by atoms with Crippen molar-refractivity contribution in [3.63, 3.8) is 0 Å². The summed E-state index contributed by atoms with van der Waals surface area (Å²) < 4.78 is 397. The molecule has 84 heavy (non-hydrogen) atoms. The first-order chi connectivity index (χ1) is 38.3. The Hall–Kier alpha value is -2.72. The van der Waals surface area contributed by atoms with Gasteiger partial charge in [-0.3, -0.25) is 0 Å². The van der Waals surface area contributed by atoms with E-state index in [1.165, 1.54) is 6.42 Å². The van der Waals surface area contributed by atoms with Crippen molar-refractivity contribution in [2.75, 3.05) is 13.6 Å². The molecule has 500 valence electrons. The first-order valence-corrected chi connectivity index (χ1v) is 28.5. The topological polar surface area (TPSA) is 4.44 Å². The number of halogens is 28. The maximum absolute atomic E-state index is 16.5. The first kappa shape index (κ1) is 81.3. The molecule has 0 aliphatic rings. The van der Waals surface area contributed by atoms with Gasteiger partial charge in [0.25, 0.3) is 0 Å². The molecule has 0 heterocycles. The van der Waals surface area contributed by atoms with Crippen LogP contribution in [0, 0.1) is 35.1 Å². The summed E-state index contributed by atoms with van der Waals surface area (Å²) in [5.41, 5.74) is -0.158. The zero-order valence-corrected chi connectivity index (χ0v) is 47.4. The molecule has 1 aromatic rings. The maximum Gasteiger partial charge on any atom is 0.389 e. The van der Waals surface area contributed by atoms with E-state index in [1.807, 2.05) is 0 Å². The third-order valence-electron chi connectivity index (χ3n) is 15.2. The van der Waals surface area contributed by atoms with Gasteiger partial charge in [-0.05, 0) is 70.1 Å². The largest absolute Gasteiger partial charge is 0.389 e. The highest BCUT2D eigenvalue weighted by Gasteiger charge is 2.89. The average molecular weight is 1290 g/mol. The number of quaternary nitrogens is 1. The van der Waals surface area contributed by atoms with Crippen molar-refractivity contribution in [3.05, 3.63) is 29.3 Å². The Labute approximate surface area is 473 Å². The molecule has 0 saturated heterocycles. The van der Waals surface area contributed by atoms with Crippen LogP contribution in [0.25, 0.3) is 0 Å². The monoisotopic (exact) mass is 1290 g/mol. The van der Waals surface area contributed by atoms with E-state index in [4.69, 9.17) is 0 Å². The van der Waals surface area contributed by atoms with Crippen LogP contribution < -0.4 is 4.90 Å². The molecule has 0 saturated carbocycles. The third-order valence-corrected chi connectivity index (χ3v) is 15.2. The smallest absolute Gasteiger partial charge is 0.302 e. The second kappa shape index (κ2) is 36.1. The highest BCUT2D eigenvalue weighted by molar-refractivity contribution is 6.89. The van der Waals surface area contributed by atoms with E-state index in [9.17, 15) is 70.2 Å². The van der Waals surface area contributed by atoms with Crippen LogP contribution in [-0.2, 0) is 0 Å². The average Bonchev–Trinajstić information content (AvgIpc) is 0.795. The minimum atomic E-state index is -8.43. The van der Waals surface area contributed by atoms with Crippen LogP contribution in [0.3, 0.4) is 0 Å². The molecule has 0 amide bonds. The van der Waals surface area contributed by atoms with Gasteiger partial charge in [-0.15, -0.1) is 0 Å². The number of hydrogen-bond donors (Lipinski definition) is 1. The highest BCUT2D eigenvalue weighted by atomic mass is 19.4. The van der Waals surface area contributed by atoms with Crippen LogP contribution in [-0.4, -0.2) is 92.4 Å². The lowest BCUT2D eigenvalue weighted by molar-refractivity contribution is -0.815. The molecular formula is C54H80BF28N. The predicted octanol–water partition coefficient (Wildman–Crippen LogP) is 21.7. The number of alkyl halides is 24. The summed E-state index contributed by atoms with van der Waals surface area (Å²) in [5, 5.41) is 0. The summed E-state index contributed by atoms with van der Waals surface area (Å²) in [4.78, 5) is 0.552. The SMILES string of the molecule is CCCC(CC)CCC(C)C[NH+](C)c1cc(F)c(F)c(F)c1F.FC(CCCCCCC(F)(F)F)C(F)(F)[B-](C(F)(F)C(F)CCCCCCC(F)(F)F)(C(F)(F)C(F)CCCCCCC(F)(F)F)C(F)(F)C(F)CCCCCCC(F)(F)F. The van der Waals surface area contributed by atoms with Crippen molar-refractivity contribution in [1.29, 1.82) is 0 Å². The molecule has 1 N–H and O–H groups in total. The molecular weight excluding hydrogens is 1210 g/mol. The van der Waals surface area contributed by atoms with Crippen molar-refractivity contribution in [3.8, 4) is 0 Å². The quantitative estimate of drug-likeness (QED) is 0.0219. The minimum absolute atomic E-state index is 0.158. The predicted molar refractivity (Wildman–Crippen MR) is 265 cm³/mol. The van der Waals surface area contributed by atoms with Crippen molar-refractivity contribution in [1.82, 2.24) is 0 Å². The molecule has 1 aromatic carbocycles. The van der Waals surface area contributed by atoms with Gasteiger partial charge in [-0.2, -0.15) is 57.1 Å². The Morgan fingerprint density at radius 3 is 0.929 bits per heavy atom. The van der Waals surface area contributed by atoms with Crippen LogP contribution in [0.1, 0.15) is 207 Å². The van der Waals surface area contributed by atoms with Crippen LogP contribution in [0.15, 0.2) is 6.07 Å². The summed E-state index contributed by atoms with van der Waals surface area (Å²) in [6.07, 6.45) is -66.1. The van der Waals surface area contributed by atoms with E-state index >= 15 is 52.7 Å². The summed E-state index contributed by atoms with van der Waals surface area (Å²) in [6, 6.07) is 0.752. The number of unbranched alkanes of at least 4 members (excludes halogenated alkanes) is 12. The molecule has 7 atom stereocenters. The van der Waals surface area contributed by atoms with Gasteiger partial charge in [0.15, 0.2) is 40.6 Å². The lowest BCUT2D eigenvalue weighted by atomic mass is 9.09. The second-order valence-electron chi connectivity index (χ2n) is 22.3. The van der Waals surface area contributed by atoms with Crippen molar-refractivity contribution in [2.24, 2.45) is 11.8 Å². The van der Waals surface area contributed by atoms with E-state index in [0.29, 0.717) is 17.4 Å². The lowest BCUT2D eigenvalue weighted by Crippen LogP contribution is -3.05. The summed E-state index contributed by atoms with van der Waals surface area (Å²) in [5.74, 6) is -33.1. The molecule has 1 rings (SSSR count). The molecule has 0 spiro atoms. The minimum Gasteiger partial charge on any atom is -0.302 e. The summed E-state index contributed by atoms with van der Waals surface area (Å²) >= 11 is 0. The molecule has 1 nitrogen and oxygen atoms in total. The van der Waals surface area contributed by atoms with Gasteiger partial charge in [0.05, 0.1) is 13.6 Å². The Morgan fingerprint density at radius 1 is 0.381 bits per heavy atom. The molecule has 0 aromatic heterocycles. The van der Waals surface area contributed by atoms with Gasteiger partial charge in [0.1, 0.15) is 24.7 Å². The van der Waals surface area contributed by atoms with Crippen LogP contribution in [0.5, 0.6) is 0 Å². The number of hydrogen-bond acceptors (Lipinski definition) is 0. The Kier molecular flexibility index (Phi) is 34.9. The first-order valence-electron chi connectivity index (χ1n) is 28.5. The lowest BCUT2D eigenvalue weighted by Gasteiger charge is -2.60. The molecule has 0 radical (unpaired) electrons. The van der Waals surface area contributed by atoms with Crippen molar-refractivity contribution < 1.29 is 128 Å². The molecule has 0 aliphatic heterocycles. The molecule has 0 fully saturated rings. The van der Waals surface area contributed by atoms with Crippen LogP contribution >= 0.6 is 0 Å². The van der Waals surface area contributed by atoms with Gasteiger partial charge in [0.2, 0.25) is 11.6 Å². The van der Waals surface area contributed by atoms with Crippen molar-refractivity contribution >= 4 is 11.8 Å². The fourth-order valence-corrected chi connectivity index (χ4v) is 10.5. The molecule has 30 heteroatoms. The number of rotatable bonds is 41. The normalized spacial score (nSPS) is 16.8. The van der Waals surface area contributed by atoms with E-state index in [-0.39, 0.29) is 11.6 Å². The Balaban J connectivity index is 0.00000248. The van der Waals surface area contributed by atoms with Crippen LogP contribution in [0.2, 0.25) is 0 Å². The van der Waals surface area contributed by atoms with Gasteiger partial charge in [-0.25, -0.2) is 65.9 Å². The number of nitrogens with one attached hydrogen (secondary N) is 1. The standard InChI is InChI=1S/C36H52BF24.C18H27F4N/c38-25(17-9-1-5-13-21-29(42,43)44)33(54,55)37(34(56,57)26(39)18-10-2-6-14-22-30(45,46)47,35(58,59)27(40)19-11-3-7-15-23-31(48,49)50)36(60,61)28(41)20-12-4-8-16-24-32(51,52)53;1-5-7-13(6-2)9-8-12(3)11-23(4)15-10-14(19)16(20)18(22)17(15)21/h25-28H,1-24H2;10,12-13H,5-9,11H2,1-4H3/q-1;/p+1. The third kappa shape index (κ3) is 26.5. The zero-order valence-electron chi connectivity index (χ0n) is 47.4. The van der Waals surface area contributed by atoms with Gasteiger partial charge in [-0.1, -0.05) is 117 Å². The van der Waals surface area contributed by atoms with Crippen LogP contribution in [0.4, 0.5) is 129 Å². The summed E-state index contributed by atoms with van der Waals surface area (Å²) in [6.45, 7) is 6.95. The van der Waals surface area contributed by atoms with Crippen molar-refractivity contribution in [2.45, 2.75) is 280 Å². The Bertz CT molecular complexity index is 1760. The van der Waals surface area contributed by atoms with E-state index < -0.39 is 256 Å². The molecule has 0 bridgehead atoms. The molecule has 7 unspecified atom stereocenters. The van der Waals surface area contributed by atoms with E-state index in [1.54, 1.807) is 7.05 Å². The highest BCUT2D eigenvalue weighted by Crippen LogP contribution is 2.62. The molecule has 0 aliphatic carbocycles. The maximum atomic E-state index is 16.5. The fraction of sp³-hybridized carbons (Fsp3) is 0.889. The van der Waals surface area contributed by atoms with Gasteiger partial charge < -0.3 is 4.90 Å². The van der Waals surface area contributed by atoms with Gasteiger partial charge >= 0.3 is 30.9 Å². The van der Waals surface area contributed by atoms with Gasteiger partial charge in [0, 0.05) is 37.7 Å². The fourth-order valence-electron chi connectivity index (χ4n) is 10.5. The number of benzene rings is 1. The van der Waals surface area contributed by atoms with E-state index in [0.717, 1.165) is 31.7 Å². The zero-order chi connectivity index (χ0) is 65.3.